The van der Waals surface area contributed by atoms with Crippen LogP contribution < -0.4 is 5.32 Å². The van der Waals surface area contributed by atoms with Crippen LogP contribution in [0.25, 0.3) is 0 Å². The van der Waals surface area contributed by atoms with E-state index in [1.165, 1.54) is 58.2 Å². The standard InChI is InChI=1S/C14H26N2/c1-11-10-15-8-7-13(11)16-9-3-5-12-4-2-6-14(12)16/h11-15H,2-10H2,1H3. The largest absolute Gasteiger partial charge is 0.316 e. The van der Waals surface area contributed by atoms with Gasteiger partial charge >= 0.3 is 0 Å². The second-order valence-electron chi connectivity index (χ2n) is 6.18. The van der Waals surface area contributed by atoms with Gasteiger partial charge < -0.3 is 5.32 Å². The number of hydrogen-bond acceptors (Lipinski definition) is 2. The molecule has 0 aromatic rings. The average molecular weight is 222 g/mol. The number of piperidine rings is 2. The summed E-state index contributed by atoms with van der Waals surface area (Å²) >= 11 is 0. The van der Waals surface area contributed by atoms with E-state index in [0.29, 0.717) is 0 Å². The highest BCUT2D eigenvalue weighted by molar-refractivity contribution is 4.94. The molecule has 0 radical (unpaired) electrons. The highest BCUT2D eigenvalue weighted by Gasteiger charge is 2.39. The Labute approximate surface area is 99.8 Å². The Kier molecular flexibility index (Phi) is 3.21. The summed E-state index contributed by atoms with van der Waals surface area (Å²) in [6.07, 6.45) is 8.84. The zero-order valence-electron chi connectivity index (χ0n) is 10.6. The average Bonchev–Trinajstić information content (AvgIpc) is 2.77. The summed E-state index contributed by atoms with van der Waals surface area (Å²) in [4.78, 5) is 2.91. The first-order valence-electron chi connectivity index (χ1n) is 7.32. The molecule has 3 aliphatic rings. The number of rotatable bonds is 1. The maximum Gasteiger partial charge on any atom is 0.0148 e. The van der Waals surface area contributed by atoms with Crippen LogP contribution in [0.15, 0.2) is 0 Å². The van der Waals surface area contributed by atoms with Crippen molar-refractivity contribution < 1.29 is 0 Å². The topological polar surface area (TPSA) is 15.3 Å². The summed E-state index contributed by atoms with van der Waals surface area (Å²) in [5.41, 5.74) is 0. The Morgan fingerprint density at radius 1 is 1.00 bits per heavy atom. The van der Waals surface area contributed by atoms with E-state index in [1.54, 1.807) is 0 Å². The molecule has 3 rings (SSSR count). The molecule has 0 aromatic carbocycles. The van der Waals surface area contributed by atoms with Crippen molar-refractivity contribution >= 4 is 0 Å². The van der Waals surface area contributed by atoms with Crippen LogP contribution in [-0.4, -0.2) is 36.6 Å². The Morgan fingerprint density at radius 3 is 2.75 bits per heavy atom. The van der Waals surface area contributed by atoms with Gasteiger partial charge in [0.1, 0.15) is 0 Å². The quantitative estimate of drug-likeness (QED) is 0.732. The fourth-order valence-electron chi connectivity index (χ4n) is 4.40. The first-order valence-corrected chi connectivity index (χ1v) is 7.32. The zero-order chi connectivity index (χ0) is 11.0. The van der Waals surface area contributed by atoms with Crippen molar-refractivity contribution in [2.45, 2.75) is 57.5 Å². The van der Waals surface area contributed by atoms with E-state index >= 15 is 0 Å². The van der Waals surface area contributed by atoms with Gasteiger partial charge in [0.15, 0.2) is 0 Å². The van der Waals surface area contributed by atoms with E-state index in [0.717, 1.165) is 23.9 Å². The lowest BCUT2D eigenvalue weighted by Gasteiger charge is -2.46. The molecule has 92 valence electrons. The molecule has 1 N–H and O–H groups in total. The van der Waals surface area contributed by atoms with Gasteiger partial charge in [0, 0.05) is 12.1 Å². The van der Waals surface area contributed by atoms with E-state index in [2.05, 4.69) is 17.1 Å². The van der Waals surface area contributed by atoms with Crippen molar-refractivity contribution in [3.05, 3.63) is 0 Å². The molecule has 0 amide bonds. The Bertz CT molecular complexity index is 241. The third-order valence-electron chi connectivity index (χ3n) is 5.20. The molecule has 2 saturated heterocycles. The first-order chi connectivity index (χ1) is 7.86. The summed E-state index contributed by atoms with van der Waals surface area (Å²) in [6, 6.07) is 1.84. The summed E-state index contributed by atoms with van der Waals surface area (Å²) in [5, 5.41) is 3.54. The maximum absolute atomic E-state index is 3.54. The normalized spacial score (nSPS) is 45.6. The molecule has 2 nitrogen and oxygen atoms in total. The van der Waals surface area contributed by atoms with Gasteiger partial charge in [-0.1, -0.05) is 13.3 Å². The second-order valence-corrected chi connectivity index (χ2v) is 6.18. The number of nitrogens with zero attached hydrogens (tertiary/aromatic N) is 1. The molecule has 1 aliphatic carbocycles. The van der Waals surface area contributed by atoms with Gasteiger partial charge in [0.05, 0.1) is 0 Å². The predicted octanol–water partition coefficient (Wildman–Crippen LogP) is 2.25. The Balaban J connectivity index is 1.71. The van der Waals surface area contributed by atoms with Crippen molar-refractivity contribution in [2.24, 2.45) is 11.8 Å². The predicted molar refractivity (Wildman–Crippen MR) is 67.5 cm³/mol. The van der Waals surface area contributed by atoms with Gasteiger partial charge in [0.25, 0.3) is 0 Å². The molecular formula is C14H26N2. The lowest BCUT2D eigenvalue weighted by Crippen LogP contribution is -2.55. The number of likely N-dealkylation sites (tertiary alicyclic amines) is 1. The SMILES string of the molecule is CC1CNCCC1N1CCCC2CCCC21. The summed E-state index contributed by atoms with van der Waals surface area (Å²) < 4.78 is 0. The van der Waals surface area contributed by atoms with Gasteiger partial charge in [-0.25, -0.2) is 0 Å². The fourth-order valence-corrected chi connectivity index (χ4v) is 4.40. The molecule has 4 atom stereocenters. The fraction of sp³-hybridized carbons (Fsp3) is 1.00. The molecule has 0 bridgehead atoms. The van der Waals surface area contributed by atoms with Crippen molar-refractivity contribution in [3.8, 4) is 0 Å². The highest BCUT2D eigenvalue weighted by Crippen LogP contribution is 2.39. The molecule has 1 saturated carbocycles. The lowest BCUT2D eigenvalue weighted by atomic mass is 9.86. The third kappa shape index (κ3) is 1.91. The summed E-state index contributed by atoms with van der Waals surface area (Å²) in [5.74, 6) is 1.91. The van der Waals surface area contributed by atoms with Gasteiger partial charge in [0.2, 0.25) is 0 Å². The summed E-state index contributed by atoms with van der Waals surface area (Å²) in [6.45, 7) is 6.30. The third-order valence-corrected chi connectivity index (χ3v) is 5.20. The van der Waals surface area contributed by atoms with E-state index in [9.17, 15) is 0 Å². The monoisotopic (exact) mass is 222 g/mol. The molecule has 16 heavy (non-hydrogen) atoms. The van der Waals surface area contributed by atoms with Crippen LogP contribution in [0.2, 0.25) is 0 Å². The molecular weight excluding hydrogens is 196 g/mol. The van der Waals surface area contributed by atoms with E-state index in [4.69, 9.17) is 0 Å². The molecule has 2 aliphatic heterocycles. The van der Waals surface area contributed by atoms with E-state index in [1.807, 2.05) is 0 Å². The van der Waals surface area contributed by atoms with Crippen LogP contribution in [0, 0.1) is 11.8 Å². The van der Waals surface area contributed by atoms with Crippen LogP contribution in [0.3, 0.4) is 0 Å². The molecule has 0 aromatic heterocycles. The maximum atomic E-state index is 3.54. The minimum atomic E-state index is 0.855. The van der Waals surface area contributed by atoms with E-state index < -0.39 is 0 Å². The van der Waals surface area contributed by atoms with Crippen molar-refractivity contribution in [2.75, 3.05) is 19.6 Å². The molecule has 4 unspecified atom stereocenters. The zero-order valence-corrected chi connectivity index (χ0v) is 10.6. The van der Waals surface area contributed by atoms with Crippen LogP contribution >= 0.6 is 0 Å². The highest BCUT2D eigenvalue weighted by atomic mass is 15.2. The van der Waals surface area contributed by atoms with Gasteiger partial charge in [-0.15, -0.1) is 0 Å². The van der Waals surface area contributed by atoms with Crippen molar-refractivity contribution in [3.63, 3.8) is 0 Å². The molecule has 2 heterocycles. The minimum absolute atomic E-state index is 0.855. The smallest absolute Gasteiger partial charge is 0.0148 e. The van der Waals surface area contributed by atoms with E-state index in [-0.39, 0.29) is 0 Å². The van der Waals surface area contributed by atoms with Gasteiger partial charge in [-0.2, -0.15) is 0 Å². The van der Waals surface area contributed by atoms with Crippen molar-refractivity contribution in [1.29, 1.82) is 0 Å². The van der Waals surface area contributed by atoms with Crippen LogP contribution in [-0.2, 0) is 0 Å². The Hall–Kier alpha value is -0.0800. The molecule has 0 spiro atoms. The second kappa shape index (κ2) is 4.66. The first kappa shape index (κ1) is 11.0. The number of nitrogens with one attached hydrogen (secondary N) is 1. The number of hydrogen-bond donors (Lipinski definition) is 1. The lowest BCUT2D eigenvalue weighted by molar-refractivity contribution is 0.0297. The molecule has 3 fully saturated rings. The van der Waals surface area contributed by atoms with Crippen molar-refractivity contribution in [1.82, 2.24) is 10.2 Å². The minimum Gasteiger partial charge on any atom is -0.316 e. The number of fused-ring (bicyclic) bond motifs is 1. The summed E-state index contributed by atoms with van der Waals surface area (Å²) in [7, 11) is 0. The van der Waals surface area contributed by atoms with Crippen LogP contribution in [0.5, 0.6) is 0 Å². The molecule has 2 heteroatoms. The van der Waals surface area contributed by atoms with Gasteiger partial charge in [-0.3, -0.25) is 4.90 Å². The Morgan fingerprint density at radius 2 is 1.88 bits per heavy atom. The van der Waals surface area contributed by atoms with Crippen LogP contribution in [0.1, 0.15) is 45.4 Å². The van der Waals surface area contributed by atoms with Gasteiger partial charge in [-0.05, 0) is 63.6 Å². The van der Waals surface area contributed by atoms with Crippen LogP contribution in [0.4, 0.5) is 0 Å².